The van der Waals surface area contributed by atoms with E-state index >= 15 is 0 Å². The molecule has 0 atom stereocenters. The molecule has 0 amide bonds. The fraction of sp³-hybridized carbons (Fsp3) is 0.435. The van der Waals surface area contributed by atoms with Crippen molar-refractivity contribution in [3.63, 3.8) is 0 Å². The fourth-order valence-electron chi connectivity index (χ4n) is 4.28. The molecule has 0 radical (unpaired) electrons. The molecule has 4 rings (SSSR count). The number of fused-ring (bicyclic) bond motifs is 3. The summed E-state index contributed by atoms with van der Waals surface area (Å²) in [6.07, 6.45) is 1.44. The molecule has 9 nitrogen and oxygen atoms in total. The van der Waals surface area contributed by atoms with Gasteiger partial charge in [0.15, 0.2) is 22.7 Å². The first-order valence-corrected chi connectivity index (χ1v) is 10.7. The number of methoxy groups -OCH3 is 2. The van der Waals surface area contributed by atoms with Gasteiger partial charge in [0.2, 0.25) is 5.78 Å². The van der Waals surface area contributed by atoms with Crippen LogP contribution >= 0.6 is 0 Å². The van der Waals surface area contributed by atoms with Crippen LogP contribution in [0, 0.1) is 13.8 Å². The Balaban J connectivity index is 1.84. The number of rotatable bonds is 7. The van der Waals surface area contributed by atoms with Crippen molar-refractivity contribution < 1.29 is 9.47 Å². The second kappa shape index (κ2) is 8.22. The molecule has 3 aromatic heterocycles. The SMILES string of the molecule is CCCn1c(=O)c2c(nc3n(CCc4ccc(OC)c(OC)c4)c(C)c(C)n23)n(C)c1=O. The van der Waals surface area contributed by atoms with Crippen molar-refractivity contribution in [2.24, 2.45) is 7.05 Å². The van der Waals surface area contributed by atoms with Crippen LogP contribution in [0.1, 0.15) is 30.3 Å². The number of hydrogen-bond donors (Lipinski definition) is 0. The Bertz CT molecular complexity index is 1440. The second-order valence-electron chi connectivity index (χ2n) is 7.98. The minimum atomic E-state index is -0.337. The number of ether oxygens (including phenoxy) is 2. The van der Waals surface area contributed by atoms with Gasteiger partial charge >= 0.3 is 5.69 Å². The zero-order chi connectivity index (χ0) is 23.2. The molecule has 9 heteroatoms. The van der Waals surface area contributed by atoms with Gasteiger partial charge in [-0.25, -0.2) is 4.79 Å². The monoisotopic (exact) mass is 439 g/mol. The lowest BCUT2D eigenvalue weighted by Gasteiger charge is -2.11. The third kappa shape index (κ3) is 3.19. The first-order chi connectivity index (χ1) is 15.3. The molecule has 3 heterocycles. The Morgan fingerprint density at radius 1 is 0.969 bits per heavy atom. The van der Waals surface area contributed by atoms with Crippen molar-refractivity contribution in [1.29, 1.82) is 0 Å². The van der Waals surface area contributed by atoms with Gasteiger partial charge in [0.05, 0.1) is 14.2 Å². The van der Waals surface area contributed by atoms with Crippen LogP contribution in [0.4, 0.5) is 0 Å². The second-order valence-corrected chi connectivity index (χ2v) is 7.98. The first-order valence-electron chi connectivity index (χ1n) is 10.7. The standard InChI is InChI=1S/C23H29N5O4/c1-7-11-27-21(29)19-20(25(4)23(27)30)24-22-26(14(2)15(3)28(19)22)12-10-16-8-9-17(31-5)18(13-16)32-6/h8-9,13H,7,10-12H2,1-6H3. The summed E-state index contributed by atoms with van der Waals surface area (Å²) in [4.78, 5) is 30.6. The van der Waals surface area contributed by atoms with Gasteiger partial charge in [-0.1, -0.05) is 13.0 Å². The lowest BCUT2D eigenvalue weighted by Crippen LogP contribution is -2.39. The van der Waals surface area contributed by atoms with Crippen molar-refractivity contribution >= 4 is 16.9 Å². The minimum Gasteiger partial charge on any atom is -0.493 e. The van der Waals surface area contributed by atoms with Crippen LogP contribution in [0.25, 0.3) is 16.9 Å². The van der Waals surface area contributed by atoms with Crippen molar-refractivity contribution in [2.75, 3.05) is 14.2 Å². The van der Waals surface area contributed by atoms with Crippen molar-refractivity contribution in [1.82, 2.24) is 23.1 Å². The predicted molar refractivity (Wildman–Crippen MR) is 123 cm³/mol. The van der Waals surface area contributed by atoms with E-state index in [1.165, 1.54) is 9.13 Å². The molecule has 0 saturated carbocycles. The van der Waals surface area contributed by atoms with Gasteiger partial charge in [-0.3, -0.25) is 18.3 Å². The van der Waals surface area contributed by atoms with Gasteiger partial charge in [-0.15, -0.1) is 0 Å². The van der Waals surface area contributed by atoms with E-state index in [0.29, 0.717) is 48.0 Å². The summed E-state index contributed by atoms with van der Waals surface area (Å²) < 4.78 is 17.5. The van der Waals surface area contributed by atoms with Crippen molar-refractivity contribution in [3.8, 4) is 11.5 Å². The Morgan fingerprint density at radius 3 is 2.34 bits per heavy atom. The van der Waals surface area contributed by atoms with Crippen LogP contribution in [-0.4, -0.2) is 37.3 Å². The summed E-state index contributed by atoms with van der Waals surface area (Å²) in [5.41, 5.74) is 3.29. The van der Waals surface area contributed by atoms with Crippen molar-refractivity contribution in [2.45, 2.75) is 46.7 Å². The highest BCUT2D eigenvalue weighted by atomic mass is 16.5. The van der Waals surface area contributed by atoms with Crippen LogP contribution in [0.5, 0.6) is 11.5 Å². The lowest BCUT2D eigenvalue weighted by molar-refractivity contribution is 0.354. The number of imidazole rings is 2. The Kier molecular flexibility index (Phi) is 5.58. The van der Waals surface area contributed by atoms with E-state index in [1.54, 1.807) is 21.3 Å². The summed E-state index contributed by atoms with van der Waals surface area (Å²) in [5, 5.41) is 0. The van der Waals surface area contributed by atoms with E-state index in [2.05, 4.69) is 4.57 Å². The average molecular weight is 440 g/mol. The van der Waals surface area contributed by atoms with Gasteiger partial charge in [0.25, 0.3) is 5.56 Å². The molecule has 0 spiro atoms. The van der Waals surface area contributed by atoms with Crippen LogP contribution in [-0.2, 0) is 26.6 Å². The van der Waals surface area contributed by atoms with Gasteiger partial charge in [0, 0.05) is 31.5 Å². The minimum absolute atomic E-state index is 0.294. The van der Waals surface area contributed by atoms with Gasteiger partial charge in [0.1, 0.15) is 0 Å². The molecule has 0 saturated heterocycles. The van der Waals surface area contributed by atoms with Crippen molar-refractivity contribution in [3.05, 3.63) is 56.0 Å². The van der Waals surface area contributed by atoms with E-state index in [4.69, 9.17) is 14.5 Å². The summed E-state index contributed by atoms with van der Waals surface area (Å²) >= 11 is 0. The molecule has 32 heavy (non-hydrogen) atoms. The third-order valence-corrected chi connectivity index (χ3v) is 6.15. The Hall–Kier alpha value is -3.49. The van der Waals surface area contributed by atoms with Gasteiger partial charge < -0.3 is 14.0 Å². The van der Waals surface area contributed by atoms with E-state index in [-0.39, 0.29) is 11.2 Å². The average Bonchev–Trinajstić information content (AvgIpc) is 3.29. The zero-order valence-electron chi connectivity index (χ0n) is 19.4. The molecule has 4 aromatic rings. The predicted octanol–water partition coefficient (Wildman–Crippen LogP) is 2.44. The quantitative estimate of drug-likeness (QED) is 0.442. The summed E-state index contributed by atoms with van der Waals surface area (Å²) in [6.45, 7) is 7.00. The first kappa shape index (κ1) is 21.7. The van der Waals surface area contributed by atoms with E-state index in [9.17, 15) is 9.59 Å². The molecule has 0 aliphatic carbocycles. The molecular weight excluding hydrogens is 410 g/mol. The number of aromatic nitrogens is 5. The normalized spacial score (nSPS) is 11.6. The Morgan fingerprint density at radius 2 is 1.69 bits per heavy atom. The molecule has 0 aliphatic heterocycles. The molecule has 0 bridgehead atoms. The molecule has 0 N–H and O–H groups in total. The zero-order valence-corrected chi connectivity index (χ0v) is 19.4. The maximum absolute atomic E-state index is 13.2. The van der Waals surface area contributed by atoms with Crippen LogP contribution in [0.2, 0.25) is 0 Å². The molecule has 0 aliphatic rings. The number of hydrogen-bond acceptors (Lipinski definition) is 5. The van der Waals surface area contributed by atoms with E-state index in [0.717, 1.165) is 23.4 Å². The molecule has 170 valence electrons. The number of aryl methyl sites for hydroxylation is 4. The van der Waals surface area contributed by atoms with E-state index < -0.39 is 0 Å². The van der Waals surface area contributed by atoms with Gasteiger partial charge in [-0.2, -0.15) is 4.98 Å². The molecule has 1 aromatic carbocycles. The molecule has 0 fully saturated rings. The maximum atomic E-state index is 13.2. The third-order valence-electron chi connectivity index (χ3n) is 6.15. The molecule has 0 unspecified atom stereocenters. The number of benzene rings is 1. The summed E-state index contributed by atoms with van der Waals surface area (Å²) in [7, 11) is 4.90. The maximum Gasteiger partial charge on any atom is 0.332 e. The smallest absolute Gasteiger partial charge is 0.332 e. The topological polar surface area (TPSA) is 84.7 Å². The Labute approximate surface area is 185 Å². The molecular formula is C23H29N5O4. The lowest BCUT2D eigenvalue weighted by atomic mass is 10.1. The van der Waals surface area contributed by atoms with Crippen LogP contribution in [0.3, 0.4) is 0 Å². The summed E-state index contributed by atoms with van der Waals surface area (Å²) in [6, 6.07) is 5.88. The number of nitrogens with zero attached hydrogens (tertiary/aromatic N) is 5. The van der Waals surface area contributed by atoms with Gasteiger partial charge in [-0.05, 0) is 44.4 Å². The fourth-order valence-corrected chi connectivity index (χ4v) is 4.28. The summed E-state index contributed by atoms with van der Waals surface area (Å²) in [5.74, 6) is 2.04. The highest BCUT2D eigenvalue weighted by Crippen LogP contribution is 2.28. The highest BCUT2D eigenvalue weighted by molar-refractivity contribution is 5.76. The van der Waals surface area contributed by atoms with Crippen LogP contribution < -0.4 is 20.7 Å². The largest absolute Gasteiger partial charge is 0.493 e. The van der Waals surface area contributed by atoms with Crippen LogP contribution in [0.15, 0.2) is 27.8 Å². The van der Waals surface area contributed by atoms with E-state index in [1.807, 2.05) is 43.4 Å². The highest BCUT2D eigenvalue weighted by Gasteiger charge is 2.22.